The van der Waals surface area contributed by atoms with Crippen LogP contribution in [-0.4, -0.2) is 23.9 Å². The number of piperidine rings is 1. The molecule has 0 unspecified atom stereocenters. The lowest BCUT2D eigenvalue weighted by atomic mass is 10.00. The van der Waals surface area contributed by atoms with Gasteiger partial charge in [-0.25, -0.2) is 4.99 Å². The van der Waals surface area contributed by atoms with Crippen LogP contribution in [-0.2, 0) is 0 Å². The van der Waals surface area contributed by atoms with Crippen molar-refractivity contribution in [2.45, 2.75) is 33.1 Å². The second-order valence-electron chi connectivity index (χ2n) is 4.42. The average Bonchev–Trinajstić information content (AvgIpc) is 2.31. The molecule has 0 bridgehead atoms. The quantitative estimate of drug-likeness (QED) is 0.452. The summed E-state index contributed by atoms with van der Waals surface area (Å²) in [7, 11) is 0. The fourth-order valence-electron chi connectivity index (χ4n) is 1.76. The lowest BCUT2D eigenvalue weighted by molar-refractivity contribution is 0.278. The first kappa shape index (κ1) is 12.8. The van der Waals surface area contributed by atoms with Gasteiger partial charge in [0.05, 0.1) is 0 Å². The molecule has 2 N–H and O–H groups in total. The molecular weight excluding hydrogens is 198 g/mol. The monoisotopic (exact) mass is 221 g/mol. The molecule has 0 atom stereocenters. The Balaban J connectivity index is 2.56. The van der Waals surface area contributed by atoms with Gasteiger partial charge in [0.15, 0.2) is 5.96 Å². The normalized spacial score (nSPS) is 20.0. The van der Waals surface area contributed by atoms with E-state index < -0.39 is 0 Å². The smallest absolute Gasteiger partial charge is 0.195 e. The maximum atomic E-state index is 5.95. The van der Waals surface area contributed by atoms with Gasteiger partial charge in [-0.2, -0.15) is 0 Å². The molecule has 3 heteroatoms. The van der Waals surface area contributed by atoms with Crippen molar-refractivity contribution in [1.29, 1.82) is 0 Å². The predicted octanol–water partition coefficient (Wildman–Crippen LogP) is 2.51. The summed E-state index contributed by atoms with van der Waals surface area (Å²) in [5, 5.41) is 0. The van der Waals surface area contributed by atoms with Gasteiger partial charge in [-0.1, -0.05) is 26.5 Å². The fourth-order valence-corrected chi connectivity index (χ4v) is 1.76. The van der Waals surface area contributed by atoms with Crippen LogP contribution in [0.2, 0.25) is 0 Å². The Bertz CT molecular complexity index is 284. The summed E-state index contributed by atoms with van der Waals surface area (Å²) in [5.41, 5.74) is 7.07. The number of nitrogens with zero attached hydrogens (tertiary/aromatic N) is 2. The van der Waals surface area contributed by atoms with E-state index in [1.807, 2.05) is 12.3 Å². The van der Waals surface area contributed by atoms with Crippen molar-refractivity contribution in [3.8, 4) is 0 Å². The van der Waals surface area contributed by atoms with Crippen LogP contribution in [0.15, 0.2) is 29.4 Å². The van der Waals surface area contributed by atoms with E-state index in [0.717, 1.165) is 31.0 Å². The minimum atomic E-state index is 0.639. The van der Waals surface area contributed by atoms with Crippen molar-refractivity contribution in [1.82, 2.24) is 4.90 Å². The van der Waals surface area contributed by atoms with E-state index in [9.17, 15) is 0 Å². The number of hydrogen-bond donors (Lipinski definition) is 1. The third-order valence-corrected chi connectivity index (χ3v) is 3.14. The van der Waals surface area contributed by atoms with E-state index in [2.05, 4.69) is 30.3 Å². The molecule has 1 heterocycles. The van der Waals surface area contributed by atoms with Gasteiger partial charge in [-0.05, 0) is 30.8 Å². The molecular formula is C13H23N3. The second kappa shape index (κ2) is 6.36. The maximum Gasteiger partial charge on any atom is 0.195 e. The van der Waals surface area contributed by atoms with Gasteiger partial charge in [0, 0.05) is 19.3 Å². The summed E-state index contributed by atoms with van der Waals surface area (Å²) < 4.78 is 0. The summed E-state index contributed by atoms with van der Waals surface area (Å²) in [4.78, 5) is 6.46. The zero-order chi connectivity index (χ0) is 12.0. The van der Waals surface area contributed by atoms with Crippen molar-refractivity contribution in [2.75, 3.05) is 13.1 Å². The number of guanidine groups is 1. The fraction of sp³-hybridized carbons (Fsp3) is 0.615. The Morgan fingerprint density at radius 1 is 1.50 bits per heavy atom. The molecule has 0 aromatic carbocycles. The van der Waals surface area contributed by atoms with Gasteiger partial charge in [0.1, 0.15) is 0 Å². The van der Waals surface area contributed by atoms with Crippen molar-refractivity contribution in [3.63, 3.8) is 0 Å². The molecule has 1 saturated heterocycles. The van der Waals surface area contributed by atoms with Gasteiger partial charge in [0.2, 0.25) is 0 Å². The highest BCUT2D eigenvalue weighted by molar-refractivity contribution is 5.78. The Hall–Kier alpha value is -1.25. The summed E-state index contributed by atoms with van der Waals surface area (Å²) >= 11 is 0. The molecule has 0 amide bonds. The van der Waals surface area contributed by atoms with Gasteiger partial charge in [0.25, 0.3) is 0 Å². The molecule has 0 saturated carbocycles. The Labute approximate surface area is 98.7 Å². The maximum absolute atomic E-state index is 5.95. The molecule has 1 aliphatic rings. The number of nitrogens with two attached hydrogens (primary N) is 1. The first-order chi connectivity index (χ1) is 7.67. The molecule has 1 rings (SSSR count). The Kier molecular flexibility index (Phi) is 5.09. The third kappa shape index (κ3) is 3.72. The third-order valence-electron chi connectivity index (χ3n) is 3.14. The molecule has 90 valence electrons. The van der Waals surface area contributed by atoms with Gasteiger partial charge in [-0.3, -0.25) is 0 Å². The molecule has 0 aliphatic carbocycles. The summed E-state index contributed by atoms with van der Waals surface area (Å²) in [6, 6.07) is 0. The van der Waals surface area contributed by atoms with E-state index in [4.69, 9.17) is 5.73 Å². The van der Waals surface area contributed by atoms with Crippen LogP contribution in [0, 0.1) is 5.92 Å². The SMILES string of the molecule is C=C/C(=C\N=C(/N)N1CCC(C)CC1)CC. The average molecular weight is 221 g/mol. The highest BCUT2D eigenvalue weighted by Crippen LogP contribution is 2.15. The molecule has 1 fully saturated rings. The van der Waals surface area contributed by atoms with Crippen molar-refractivity contribution < 1.29 is 0 Å². The molecule has 0 radical (unpaired) electrons. The predicted molar refractivity (Wildman–Crippen MR) is 70.2 cm³/mol. The highest BCUT2D eigenvalue weighted by atomic mass is 15.2. The standard InChI is InChI=1S/C13H23N3/c1-4-12(5-2)10-15-13(14)16-8-6-11(3)7-9-16/h4,10-11H,1,5-9H2,2-3H3,(H2,14,15)/b12-10+. The molecule has 0 aromatic heterocycles. The topological polar surface area (TPSA) is 41.6 Å². The number of aliphatic imine (C=N–C) groups is 1. The lowest BCUT2D eigenvalue weighted by Gasteiger charge is -2.30. The zero-order valence-corrected chi connectivity index (χ0v) is 10.4. The van der Waals surface area contributed by atoms with E-state index in [1.165, 1.54) is 12.8 Å². The second-order valence-corrected chi connectivity index (χ2v) is 4.42. The molecule has 0 spiro atoms. The van der Waals surface area contributed by atoms with Gasteiger partial charge < -0.3 is 10.6 Å². The summed E-state index contributed by atoms with van der Waals surface area (Å²) in [6.45, 7) is 10.2. The van der Waals surface area contributed by atoms with E-state index in [1.54, 1.807) is 0 Å². The van der Waals surface area contributed by atoms with Crippen LogP contribution in [0.4, 0.5) is 0 Å². The minimum Gasteiger partial charge on any atom is -0.370 e. The molecule has 0 aromatic rings. The molecule has 3 nitrogen and oxygen atoms in total. The van der Waals surface area contributed by atoms with Crippen LogP contribution < -0.4 is 5.73 Å². The van der Waals surface area contributed by atoms with Crippen LogP contribution >= 0.6 is 0 Å². The van der Waals surface area contributed by atoms with Crippen LogP contribution in [0.25, 0.3) is 0 Å². The van der Waals surface area contributed by atoms with Crippen LogP contribution in [0.3, 0.4) is 0 Å². The van der Waals surface area contributed by atoms with E-state index >= 15 is 0 Å². The highest BCUT2D eigenvalue weighted by Gasteiger charge is 2.16. The first-order valence-corrected chi connectivity index (χ1v) is 6.07. The minimum absolute atomic E-state index is 0.639. The number of hydrogen-bond acceptors (Lipinski definition) is 1. The van der Waals surface area contributed by atoms with Crippen molar-refractivity contribution in [3.05, 3.63) is 24.4 Å². The Morgan fingerprint density at radius 3 is 2.62 bits per heavy atom. The number of likely N-dealkylation sites (tertiary alicyclic amines) is 1. The Morgan fingerprint density at radius 2 is 2.12 bits per heavy atom. The zero-order valence-electron chi connectivity index (χ0n) is 10.4. The van der Waals surface area contributed by atoms with Gasteiger partial charge in [-0.15, -0.1) is 0 Å². The molecule has 16 heavy (non-hydrogen) atoms. The van der Waals surface area contributed by atoms with E-state index in [0.29, 0.717) is 5.96 Å². The lowest BCUT2D eigenvalue weighted by Crippen LogP contribution is -2.42. The largest absolute Gasteiger partial charge is 0.370 e. The molecule has 1 aliphatic heterocycles. The first-order valence-electron chi connectivity index (χ1n) is 6.07. The number of rotatable bonds is 3. The van der Waals surface area contributed by atoms with Crippen molar-refractivity contribution in [2.24, 2.45) is 16.6 Å². The van der Waals surface area contributed by atoms with Gasteiger partial charge >= 0.3 is 0 Å². The summed E-state index contributed by atoms with van der Waals surface area (Å²) in [5.74, 6) is 1.46. The number of allylic oxidation sites excluding steroid dienone is 2. The van der Waals surface area contributed by atoms with Crippen molar-refractivity contribution >= 4 is 5.96 Å². The van der Waals surface area contributed by atoms with Crippen LogP contribution in [0.5, 0.6) is 0 Å². The van der Waals surface area contributed by atoms with Crippen LogP contribution in [0.1, 0.15) is 33.1 Å². The van der Waals surface area contributed by atoms with E-state index in [-0.39, 0.29) is 0 Å². The summed E-state index contributed by atoms with van der Waals surface area (Å²) in [6.07, 6.45) is 7.01.